The van der Waals surface area contributed by atoms with Gasteiger partial charge in [0.15, 0.2) is 0 Å². The second-order valence-corrected chi connectivity index (χ2v) is 9.27. The van der Waals surface area contributed by atoms with E-state index in [-0.39, 0.29) is 11.5 Å². The van der Waals surface area contributed by atoms with Crippen LogP contribution in [0, 0.1) is 0 Å². The van der Waals surface area contributed by atoms with E-state index in [0.29, 0.717) is 32.7 Å². The number of carbonyl (C=O) groups is 1. The Hall–Kier alpha value is -4.02. The van der Waals surface area contributed by atoms with Crippen molar-refractivity contribution < 1.29 is 9.53 Å². The number of hydrogen-bond acceptors (Lipinski definition) is 7. The zero-order chi connectivity index (χ0) is 23.7. The molecule has 0 spiro atoms. The summed E-state index contributed by atoms with van der Waals surface area (Å²) in [6.07, 6.45) is 0. The van der Waals surface area contributed by atoms with Gasteiger partial charge in [-0.05, 0) is 54.8 Å². The largest absolute Gasteiger partial charge is 0.497 e. The van der Waals surface area contributed by atoms with Gasteiger partial charge in [-0.1, -0.05) is 29.5 Å². The highest BCUT2D eigenvalue weighted by Gasteiger charge is 2.21. The predicted octanol–water partition coefficient (Wildman–Crippen LogP) is 4.67. The van der Waals surface area contributed by atoms with Crippen LogP contribution >= 0.6 is 22.7 Å². The Morgan fingerprint density at radius 1 is 1.12 bits per heavy atom. The van der Waals surface area contributed by atoms with Gasteiger partial charge in [-0.25, -0.2) is 10.4 Å². The third-order valence-corrected chi connectivity index (χ3v) is 7.07. The summed E-state index contributed by atoms with van der Waals surface area (Å²) >= 11 is 2.72. The van der Waals surface area contributed by atoms with Crippen molar-refractivity contribution in [1.82, 2.24) is 20.2 Å². The first-order valence-electron chi connectivity index (χ1n) is 10.3. The number of amides is 1. The number of hydrazone groups is 1. The number of carbonyl (C=O) groups excluding carboxylic acids is 1. The van der Waals surface area contributed by atoms with Crippen molar-refractivity contribution in [1.29, 1.82) is 0 Å². The van der Waals surface area contributed by atoms with Crippen LogP contribution < -0.4 is 15.7 Å². The second-order valence-electron chi connectivity index (χ2n) is 7.31. The number of aromatic amines is 1. The molecule has 8 nitrogen and oxygen atoms in total. The number of hydrogen-bond donors (Lipinski definition) is 2. The smallest absolute Gasteiger partial charge is 0.283 e. The van der Waals surface area contributed by atoms with Gasteiger partial charge >= 0.3 is 0 Å². The van der Waals surface area contributed by atoms with Gasteiger partial charge in [0.25, 0.3) is 11.5 Å². The van der Waals surface area contributed by atoms with Crippen molar-refractivity contribution in [3.8, 4) is 22.1 Å². The third-order valence-electron chi connectivity index (χ3n) is 5.18. The number of nitrogens with one attached hydrogen (secondary N) is 2. The van der Waals surface area contributed by atoms with Crippen molar-refractivity contribution in [2.75, 3.05) is 7.11 Å². The molecule has 3 heterocycles. The number of thiophene rings is 1. The molecule has 5 rings (SSSR count). The highest BCUT2D eigenvalue weighted by molar-refractivity contribution is 7.20. The number of para-hydroxylation sites is 1. The van der Waals surface area contributed by atoms with E-state index in [1.165, 1.54) is 27.4 Å². The first-order valence-corrected chi connectivity index (χ1v) is 12.0. The number of H-pyrrole nitrogens is 1. The van der Waals surface area contributed by atoms with E-state index in [1.807, 2.05) is 53.9 Å². The summed E-state index contributed by atoms with van der Waals surface area (Å²) in [7, 11) is 1.60. The van der Waals surface area contributed by atoms with E-state index in [9.17, 15) is 9.59 Å². The molecule has 0 saturated heterocycles. The number of ether oxygens (including phenoxy) is 1. The van der Waals surface area contributed by atoms with Crippen LogP contribution in [-0.4, -0.2) is 33.5 Å². The first kappa shape index (κ1) is 21.8. The Bertz CT molecular complexity index is 1530. The lowest BCUT2D eigenvalue weighted by atomic mass is 10.1. The summed E-state index contributed by atoms with van der Waals surface area (Å²) in [5, 5.41) is 9.76. The molecular formula is C24H19N5O3S2. The fraction of sp³-hybridized carbons (Fsp3) is 0.0833. The minimum absolute atomic E-state index is 0.309. The molecule has 0 atom stereocenters. The van der Waals surface area contributed by atoms with Gasteiger partial charge in [0.05, 0.1) is 39.2 Å². The number of nitrogens with zero attached hydrogens (tertiary/aromatic N) is 3. The van der Waals surface area contributed by atoms with Gasteiger partial charge in [-0.2, -0.15) is 9.78 Å². The van der Waals surface area contributed by atoms with Crippen LogP contribution in [0.15, 0.2) is 75.9 Å². The fourth-order valence-corrected chi connectivity index (χ4v) is 5.02. The maximum absolute atomic E-state index is 13.6. The second kappa shape index (κ2) is 9.08. The first-order chi connectivity index (χ1) is 16.5. The summed E-state index contributed by atoms with van der Waals surface area (Å²) in [4.78, 5) is 31.1. The quantitative estimate of drug-likeness (QED) is 0.267. The molecule has 10 heteroatoms. The SMILES string of the molecule is COc1ccc(-c2[nH]n(-c3nc4ccccc4s3)c(=O)c2C(C)=NNC(=O)c2cccs2)cc1. The van der Waals surface area contributed by atoms with Crippen LogP contribution in [0.3, 0.4) is 0 Å². The zero-order valence-electron chi connectivity index (χ0n) is 18.2. The third kappa shape index (κ3) is 4.04. The molecule has 2 N–H and O–H groups in total. The van der Waals surface area contributed by atoms with Crippen molar-refractivity contribution >= 4 is 44.5 Å². The molecule has 0 radical (unpaired) electrons. The van der Waals surface area contributed by atoms with Crippen molar-refractivity contribution in [3.05, 3.63) is 86.8 Å². The monoisotopic (exact) mass is 489 g/mol. The molecule has 0 unspecified atom stereocenters. The molecule has 3 aromatic heterocycles. The van der Waals surface area contributed by atoms with Gasteiger partial charge in [0.1, 0.15) is 5.75 Å². The number of aromatic nitrogens is 3. The molecular weight excluding hydrogens is 470 g/mol. The Balaban J connectivity index is 1.61. The van der Waals surface area contributed by atoms with Crippen LogP contribution in [0.25, 0.3) is 26.6 Å². The molecule has 34 heavy (non-hydrogen) atoms. The Kier molecular flexibility index (Phi) is 5.83. The number of rotatable bonds is 6. The number of methoxy groups -OCH3 is 1. The van der Waals surface area contributed by atoms with E-state index in [1.54, 1.807) is 26.2 Å². The summed E-state index contributed by atoms with van der Waals surface area (Å²) in [5.74, 6) is 0.370. The lowest BCUT2D eigenvalue weighted by Crippen LogP contribution is -2.23. The van der Waals surface area contributed by atoms with Crippen LogP contribution in [0.5, 0.6) is 5.75 Å². The van der Waals surface area contributed by atoms with Gasteiger partial charge < -0.3 is 4.74 Å². The summed E-state index contributed by atoms with van der Waals surface area (Å²) in [6.45, 7) is 1.69. The molecule has 5 aromatic rings. The van der Waals surface area contributed by atoms with E-state index in [4.69, 9.17) is 4.74 Å². The Morgan fingerprint density at radius 3 is 2.62 bits per heavy atom. The highest BCUT2D eigenvalue weighted by Crippen LogP contribution is 2.27. The average molecular weight is 490 g/mol. The maximum atomic E-state index is 13.6. The topological polar surface area (TPSA) is 101 Å². The Labute approximate surface area is 202 Å². The van der Waals surface area contributed by atoms with Gasteiger partial charge in [-0.15, -0.1) is 11.3 Å². The zero-order valence-corrected chi connectivity index (χ0v) is 19.9. The molecule has 170 valence electrons. The standard InChI is InChI=1S/C24H19N5O3S2/c1-14(26-27-22(30)19-8-5-13-33-19)20-21(15-9-11-16(32-2)12-10-15)28-29(23(20)31)24-25-17-6-3-4-7-18(17)34-24/h3-13,28H,1-2H3,(H,27,30). The van der Waals surface area contributed by atoms with E-state index >= 15 is 0 Å². The molecule has 0 saturated carbocycles. The minimum atomic E-state index is -0.331. The lowest BCUT2D eigenvalue weighted by molar-refractivity contribution is 0.0959. The fourth-order valence-electron chi connectivity index (χ4n) is 3.48. The number of thiazole rings is 1. The van der Waals surface area contributed by atoms with Gasteiger partial charge in [0.2, 0.25) is 5.13 Å². The van der Waals surface area contributed by atoms with Crippen LogP contribution in [0.1, 0.15) is 22.2 Å². The molecule has 2 aromatic carbocycles. The normalized spacial score (nSPS) is 11.6. The van der Waals surface area contributed by atoms with Crippen LogP contribution in [0.2, 0.25) is 0 Å². The lowest BCUT2D eigenvalue weighted by Gasteiger charge is -2.05. The molecule has 0 aliphatic heterocycles. The summed E-state index contributed by atoms with van der Waals surface area (Å²) in [6, 6.07) is 18.6. The predicted molar refractivity (Wildman–Crippen MR) is 136 cm³/mol. The van der Waals surface area contributed by atoms with Gasteiger partial charge in [0, 0.05) is 5.56 Å². The van der Waals surface area contributed by atoms with E-state index < -0.39 is 0 Å². The molecule has 0 fully saturated rings. The molecule has 0 aliphatic carbocycles. The van der Waals surface area contributed by atoms with E-state index in [0.717, 1.165) is 15.8 Å². The molecule has 0 bridgehead atoms. The Morgan fingerprint density at radius 2 is 1.91 bits per heavy atom. The van der Waals surface area contributed by atoms with Crippen LogP contribution in [0.4, 0.5) is 0 Å². The highest BCUT2D eigenvalue weighted by atomic mass is 32.1. The number of benzene rings is 2. The summed E-state index contributed by atoms with van der Waals surface area (Å²) < 4.78 is 7.65. The van der Waals surface area contributed by atoms with Crippen molar-refractivity contribution in [3.63, 3.8) is 0 Å². The van der Waals surface area contributed by atoms with Crippen LogP contribution in [-0.2, 0) is 0 Å². The minimum Gasteiger partial charge on any atom is -0.497 e. The van der Waals surface area contributed by atoms with Crippen molar-refractivity contribution in [2.24, 2.45) is 5.10 Å². The summed E-state index contributed by atoms with van der Waals surface area (Å²) in [5.41, 5.74) is 5.10. The number of fused-ring (bicyclic) bond motifs is 1. The van der Waals surface area contributed by atoms with E-state index in [2.05, 4.69) is 20.6 Å². The average Bonchev–Trinajstić information content (AvgIpc) is 3.61. The maximum Gasteiger partial charge on any atom is 0.283 e. The molecule has 0 aliphatic rings. The van der Waals surface area contributed by atoms with Crippen molar-refractivity contribution in [2.45, 2.75) is 6.92 Å². The molecule has 1 amide bonds. The van der Waals surface area contributed by atoms with Gasteiger partial charge in [-0.3, -0.25) is 14.7 Å².